The highest BCUT2D eigenvalue weighted by atomic mass is 16.5. The Morgan fingerprint density at radius 3 is 1.19 bits per heavy atom. The number of H-pyrrole nitrogens is 2. The van der Waals surface area contributed by atoms with Gasteiger partial charge in [-0.1, -0.05) is 72.8 Å². The van der Waals surface area contributed by atoms with Crippen LogP contribution >= 0.6 is 0 Å². The minimum Gasteiger partial charge on any atom is -0.490 e. The number of aliphatic hydroxyl groups is 4. The van der Waals surface area contributed by atoms with Gasteiger partial charge in [-0.25, -0.2) is 29.9 Å². The molecule has 0 spiro atoms. The molecule has 9 rings (SSSR count). The standard InChI is InChI=1S/C38H30N8O6/c47-15-19(49)17-51-27-13-14-28(52-18-20(50)16-48)30-29(27)37-44-35-25-11-5-3-9-23(25)33(42-35)40-31-21-7-1-2-8-22(21)32(39-31)41-34-24-10-4-6-12-26(24)36(43-34)45-38(30)46-37/h1-14,19-20,47-50H,15-18H2,(H2,39,40,41,42,43,44,45,46). The van der Waals surface area contributed by atoms with E-state index >= 15 is 0 Å². The average molecular weight is 695 g/mol. The Hall–Kier alpha value is -6.32. The summed E-state index contributed by atoms with van der Waals surface area (Å²) in [6.07, 6.45) is -2.28. The first-order valence-corrected chi connectivity index (χ1v) is 16.6. The molecule has 0 saturated heterocycles. The molecular formula is C38H30N8O6. The number of rotatable bonds is 8. The molecule has 0 saturated carbocycles. The van der Waals surface area contributed by atoms with Gasteiger partial charge < -0.3 is 39.9 Å². The largest absolute Gasteiger partial charge is 0.490 e. The van der Waals surface area contributed by atoms with E-state index in [0.29, 0.717) is 68.2 Å². The summed E-state index contributed by atoms with van der Waals surface area (Å²) in [6.45, 7) is -1.41. The van der Waals surface area contributed by atoms with Crippen LogP contribution in [-0.2, 0) is 0 Å². The van der Waals surface area contributed by atoms with Crippen LogP contribution in [0.1, 0.15) is 0 Å². The topological polar surface area (TPSA) is 208 Å². The highest BCUT2D eigenvalue weighted by Gasteiger charge is 2.24. The van der Waals surface area contributed by atoms with E-state index in [1.54, 1.807) is 12.1 Å². The summed E-state index contributed by atoms with van der Waals surface area (Å²) in [7, 11) is 0. The molecule has 3 aromatic heterocycles. The number of fused-ring (bicyclic) bond motifs is 20. The summed E-state index contributed by atoms with van der Waals surface area (Å²) in [5.74, 6) is 2.27. The van der Waals surface area contributed by atoms with Gasteiger partial charge in [0.25, 0.3) is 0 Å². The monoisotopic (exact) mass is 694 g/mol. The number of nitrogens with zero attached hydrogens (tertiary/aromatic N) is 6. The summed E-state index contributed by atoms with van der Waals surface area (Å²) < 4.78 is 12.1. The number of benzene rings is 4. The van der Waals surface area contributed by atoms with Crippen LogP contribution in [0.15, 0.2) is 84.9 Å². The van der Waals surface area contributed by atoms with Crippen molar-refractivity contribution in [3.63, 3.8) is 0 Å². The van der Waals surface area contributed by atoms with Crippen LogP contribution in [0.25, 0.3) is 89.7 Å². The molecule has 52 heavy (non-hydrogen) atoms. The van der Waals surface area contributed by atoms with Gasteiger partial charge in [-0.05, 0) is 12.1 Å². The third-order valence-electron chi connectivity index (χ3n) is 8.91. The first kappa shape index (κ1) is 31.6. The van der Waals surface area contributed by atoms with E-state index in [-0.39, 0.29) is 13.2 Å². The van der Waals surface area contributed by atoms with Gasteiger partial charge in [-0.15, -0.1) is 0 Å². The molecule has 0 amide bonds. The third-order valence-corrected chi connectivity index (χ3v) is 8.91. The highest BCUT2D eigenvalue weighted by Crippen LogP contribution is 2.41. The van der Waals surface area contributed by atoms with Crippen LogP contribution in [-0.4, -0.2) is 98.9 Å². The van der Waals surface area contributed by atoms with Gasteiger partial charge in [0.15, 0.2) is 23.3 Å². The first-order chi connectivity index (χ1) is 25.5. The predicted molar refractivity (Wildman–Crippen MR) is 193 cm³/mol. The fraction of sp³-hybridized carbons (Fsp3) is 0.158. The van der Waals surface area contributed by atoms with Gasteiger partial charge in [-0.2, -0.15) is 0 Å². The van der Waals surface area contributed by atoms with E-state index < -0.39 is 25.4 Å². The maximum Gasteiger partial charge on any atom is 0.164 e. The Morgan fingerprint density at radius 1 is 0.462 bits per heavy atom. The molecular weight excluding hydrogens is 664 g/mol. The predicted octanol–water partition coefficient (Wildman–Crippen LogP) is 4.33. The van der Waals surface area contributed by atoms with Crippen LogP contribution in [0.4, 0.5) is 0 Å². The molecule has 14 nitrogen and oxygen atoms in total. The minimum atomic E-state index is -1.14. The van der Waals surface area contributed by atoms with Crippen molar-refractivity contribution in [3.05, 3.63) is 84.9 Å². The molecule has 2 atom stereocenters. The number of ether oxygens (including phenoxy) is 2. The number of aliphatic hydroxyl groups excluding tert-OH is 4. The van der Waals surface area contributed by atoms with Crippen molar-refractivity contribution < 1.29 is 29.9 Å². The minimum absolute atomic E-state index is 0.210. The van der Waals surface area contributed by atoms with Gasteiger partial charge in [0.2, 0.25) is 0 Å². The first-order valence-electron chi connectivity index (χ1n) is 16.6. The molecule has 8 bridgehead atoms. The lowest BCUT2D eigenvalue weighted by Crippen LogP contribution is -2.22. The number of hydrogen-bond donors (Lipinski definition) is 6. The molecule has 258 valence electrons. The molecule has 6 N–H and O–H groups in total. The van der Waals surface area contributed by atoms with Gasteiger partial charge in [0.1, 0.15) is 59.5 Å². The third kappa shape index (κ3) is 5.37. The normalized spacial score (nSPS) is 13.2. The summed E-state index contributed by atoms with van der Waals surface area (Å²) in [6, 6.07) is 26.5. The van der Waals surface area contributed by atoms with Gasteiger partial charge in [0, 0.05) is 33.0 Å². The molecule has 2 aliphatic heterocycles. The van der Waals surface area contributed by atoms with Crippen molar-refractivity contribution in [1.82, 2.24) is 39.9 Å². The van der Waals surface area contributed by atoms with E-state index in [2.05, 4.69) is 9.97 Å². The molecule has 5 heterocycles. The lowest BCUT2D eigenvalue weighted by molar-refractivity contribution is 0.0532. The number of hydrogen-bond acceptors (Lipinski definition) is 12. The molecule has 4 aromatic carbocycles. The van der Waals surface area contributed by atoms with E-state index in [1.165, 1.54) is 0 Å². The maximum absolute atomic E-state index is 10.2. The summed E-state index contributed by atoms with van der Waals surface area (Å²) in [5.41, 5.74) is 4.83. The molecule has 0 radical (unpaired) electrons. The van der Waals surface area contributed by atoms with Gasteiger partial charge in [0.05, 0.1) is 24.0 Å². The van der Waals surface area contributed by atoms with Gasteiger partial charge >= 0.3 is 0 Å². The van der Waals surface area contributed by atoms with Gasteiger partial charge in [-0.3, -0.25) is 0 Å². The Bertz CT molecular complexity index is 2520. The van der Waals surface area contributed by atoms with Crippen molar-refractivity contribution in [2.24, 2.45) is 0 Å². The molecule has 0 fully saturated rings. The lowest BCUT2D eigenvalue weighted by Gasteiger charge is -2.14. The maximum atomic E-state index is 10.2. The summed E-state index contributed by atoms with van der Waals surface area (Å²) in [5, 5.41) is 42.0. The van der Waals surface area contributed by atoms with Crippen molar-refractivity contribution in [3.8, 4) is 57.1 Å². The molecule has 2 unspecified atom stereocenters. The number of aromatic amines is 2. The number of nitrogens with one attached hydrogen (secondary N) is 2. The van der Waals surface area contributed by atoms with Crippen molar-refractivity contribution in [2.45, 2.75) is 12.2 Å². The average Bonchev–Trinajstić information content (AvgIpc) is 3.92. The molecule has 2 aliphatic rings. The zero-order chi connectivity index (χ0) is 35.3. The second-order valence-corrected chi connectivity index (χ2v) is 12.4. The van der Waals surface area contributed by atoms with E-state index in [1.807, 2.05) is 72.8 Å². The van der Waals surface area contributed by atoms with Crippen LogP contribution in [0.3, 0.4) is 0 Å². The van der Waals surface area contributed by atoms with Crippen molar-refractivity contribution >= 4 is 44.1 Å². The Balaban J connectivity index is 1.44. The quantitative estimate of drug-likeness (QED) is 0.131. The summed E-state index contributed by atoms with van der Waals surface area (Å²) >= 11 is 0. The second-order valence-electron chi connectivity index (χ2n) is 12.4. The SMILES string of the molecule is OCC(O)COc1ccc(OCC(O)CO)c2c3nc4nc(nc5[nH]c(nc6nc(nc([nH]3)c12)-c1ccccc1-6)c1ccccc51)-c1ccccc1-4. The van der Waals surface area contributed by atoms with E-state index in [9.17, 15) is 20.4 Å². The number of aromatic nitrogens is 8. The van der Waals surface area contributed by atoms with Crippen LogP contribution in [0.5, 0.6) is 11.5 Å². The lowest BCUT2D eigenvalue weighted by atomic mass is 10.1. The highest BCUT2D eigenvalue weighted by molar-refractivity contribution is 6.12. The molecule has 0 aliphatic carbocycles. The van der Waals surface area contributed by atoms with E-state index in [0.717, 1.165) is 33.0 Å². The molecule has 7 aromatic rings. The summed E-state index contributed by atoms with van der Waals surface area (Å²) in [4.78, 5) is 36.7. The van der Waals surface area contributed by atoms with Crippen molar-refractivity contribution in [2.75, 3.05) is 26.4 Å². The van der Waals surface area contributed by atoms with E-state index in [4.69, 9.17) is 39.4 Å². The zero-order valence-corrected chi connectivity index (χ0v) is 27.4. The fourth-order valence-electron chi connectivity index (χ4n) is 6.43. The smallest absolute Gasteiger partial charge is 0.164 e. The second kappa shape index (κ2) is 12.8. The fourth-order valence-corrected chi connectivity index (χ4v) is 6.43. The van der Waals surface area contributed by atoms with Crippen LogP contribution in [0, 0.1) is 0 Å². The Kier molecular flexibility index (Phi) is 7.78. The van der Waals surface area contributed by atoms with Crippen LogP contribution < -0.4 is 9.47 Å². The molecule has 14 heteroatoms. The van der Waals surface area contributed by atoms with Crippen LogP contribution in [0.2, 0.25) is 0 Å². The zero-order valence-electron chi connectivity index (χ0n) is 27.4. The Morgan fingerprint density at radius 2 is 0.808 bits per heavy atom. The Labute approximate surface area is 294 Å². The van der Waals surface area contributed by atoms with Crippen molar-refractivity contribution in [1.29, 1.82) is 0 Å².